The van der Waals surface area contributed by atoms with E-state index in [-0.39, 0.29) is 17.2 Å². The normalized spacial score (nSPS) is 10.5. The average Bonchev–Trinajstić information content (AvgIpc) is 2.59. The molecule has 0 spiro atoms. The number of hydrogen-bond donors (Lipinski definition) is 0. The number of rotatable bonds is 4. The number of fused-ring (bicyclic) bond motifs is 1. The van der Waals surface area contributed by atoms with Crippen LogP contribution in [0.25, 0.3) is 22.1 Å². The van der Waals surface area contributed by atoms with E-state index < -0.39 is 11.6 Å². The first kappa shape index (κ1) is 16.0. The highest BCUT2D eigenvalue weighted by Crippen LogP contribution is 2.26. The summed E-state index contributed by atoms with van der Waals surface area (Å²) in [6, 6.07) is 13.7. The lowest BCUT2D eigenvalue weighted by atomic mass is 10.0. The van der Waals surface area contributed by atoms with Crippen molar-refractivity contribution in [2.75, 3.05) is 6.61 Å². The van der Waals surface area contributed by atoms with Crippen LogP contribution in [-0.2, 0) is 4.74 Å². The van der Waals surface area contributed by atoms with Crippen LogP contribution in [0.5, 0.6) is 0 Å². The Hall–Kier alpha value is -2.85. The molecule has 3 rings (SSSR count). The summed E-state index contributed by atoms with van der Waals surface area (Å²) in [6.45, 7) is 3.57. The summed E-state index contributed by atoms with van der Waals surface area (Å²) in [5, 5.41) is 1.04. The zero-order chi connectivity index (χ0) is 17.1. The van der Waals surface area contributed by atoms with Gasteiger partial charge in [0.2, 0.25) is 0 Å². The monoisotopic (exact) mass is 340 g/mol. The molecule has 24 heavy (non-hydrogen) atoms. The van der Waals surface area contributed by atoms with Gasteiger partial charge < -0.3 is 9.15 Å². The molecule has 0 N–H and O–H groups in total. The van der Waals surface area contributed by atoms with Gasteiger partial charge in [0.1, 0.15) is 12.2 Å². The number of hydrogen-bond acceptors (Lipinski definition) is 4. The molecule has 3 aromatic rings. The number of esters is 1. The maximum Gasteiger partial charge on any atom is 0.344 e. The molecular formula is C19H13ClO4. The summed E-state index contributed by atoms with van der Waals surface area (Å²) in [4.78, 5) is 24.3. The number of carbonyl (C=O) groups excluding carboxylic acids is 1. The molecule has 5 heteroatoms. The molecule has 0 aliphatic rings. The van der Waals surface area contributed by atoms with E-state index in [4.69, 9.17) is 20.8 Å². The fourth-order valence-corrected chi connectivity index (χ4v) is 2.52. The van der Waals surface area contributed by atoms with Crippen molar-refractivity contribution in [1.82, 2.24) is 0 Å². The molecule has 1 heterocycles. The second kappa shape index (κ2) is 6.72. The highest BCUT2D eigenvalue weighted by Gasteiger charge is 2.15. The zero-order valence-corrected chi connectivity index (χ0v) is 13.4. The number of para-hydroxylation sites is 1. The van der Waals surface area contributed by atoms with Crippen LogP contribution in [0.2, 0.25) is 5.02 Å². The molecule has 2 aromatic carbocycles. The molecule has 0 unspecified atom stereocenters. The molecule has 0 aliphatic heterocycles. The molecule has 0 fully saturated rings. The molecule has 0 radical (unpaired) electrons. The van der Waals surface area contributed by atoms with Gasteiger partial charge in [-0.25, -0.2) is 9.59 Å². The number of halogens is 1. The third kappa shape index (κ3) is 3.09. The maximum absolute atomic E-state index is 12.2. The van der Waals surface area contributed by atoms with Crippen LogP contribution in [0.3, 0.4) is 0 Å². The van der Waals surface area contributed by atoms with E-state index in [0.717, 1.165) is 5.39 Å². The van der Waals surface area contributed by atoms with E-state index in [1.165, 1.54) is 12.1 Å². The Labute approximate surface area is 142 Å². The van der Waals surface area contributed by atoms with Crippen molar-refractivity contribution in [2.45, 2.75) is 0 Å². The Morgan fingerprint density at radius 3 is 2.79 bits per heavy atom. The van der Waals surface area contributed by atoms with Crippen LogP contribution in [0.1, 0.15) is 10.4 Å². The summed E-state index contributed by atoms with van der Waals surface area (Å²) >= 11 is 6.06. The van der Waals surface area contributed by atoms with Crippen LogP contribution in [-0.4, -0.2) is 12.6 Å². The third-order valence-electron chi connectivity index (χ3n) is 3.47. The predicted octanol–water partition coefficient (Wildman–Crippen LogP) is 4.46. The van der Waals surface area contributed by atoms with E-state index in [1.54, 1.807) is 30.3 Å². The quantitative estimate of drug-likeness (QED) is 0.400. The van der Waals surface area contributed by atoms with Crippen LogP contribution >= 0.6 is 11.6 Å². The van der Waals surface area contributed by atoms with Gasteiger partial charge in [0.15, 0.2) is 0 Å². The molecule has 0 aliphatic carbocycles. The van der Waals surface area contributed by atoms with Crippen LogP contribution in [0.15, 0.2) is 70.4 Å². The molecule has 0 saturated heterocycles. The SMILES string of the molecule is C=CCOC(=O)c1cc(-c2cc3ccccc3oc2=O)ccc1Cl. The fraction of sp³-hybridized carbons (Fsp3) is 0.0526. The van der Waals surface area contributed by atoms with Crippen molar-refractivity contribution in [2.24, 2.45) is 0 Å². The summed E-state index contributed by atoms with van der Waals surface area (Å²) < 4.78 is 10.3. The average molecular weight is 341 g/mol. The standard InChI is InChI=1S/C19H13ClO4/c1-2-9-23-18(21)15-10-12(7-8-16(15)20)14-11-13-5-3-4-6-17(13)24-19(14)22/h2-8,10-11H,1,9H2. The van der Waals surface area contributed by atoms with Gasteiger partial charge in [0, 0.05) is 5.39 Å². The van der Waals surface area contributed by atoms with Gasteiger partial charge in [-0.15, -0.1) is 0 Å². The predicted molar refractivity (Wildman–Crippen MR) is 93.4 cm³/mol. The first-order chi connectivity index (χ1) is 11.6. The van der Waals surface area contributed by atoms with Crippen molar-refractivity contribution in [3.05, 3.63) is 82.2 Å². The second-order valence-corrected chi connectivity index (χ2v) is 5.47. The fourth-order valence-electron chi connectivity index (χ4n) is 2.32. The minimum absolute atomic E-state index is 0.0809. The number of benzene rings is 2. The number of carbonyl (C=O) groups is 1. The lowest BCUT2D eigenvalue weighted by Crippen LogP contribution is -2.07. The van der Waals surface area contributed by atoms with E-state index in [9.17, 15) is 9.59 Å². The van der Waals surface area contributed by atoms with Crippen molar-refractivity contribution in [3.63, 3.8) is 0 Å². The van der Waals surface area contributed by atoms with Crippen LogP contribution < -0.4 is 5.63 Å². The van der Waals surface area contributed by atoms with Crippen molar-refractivity contribution in [1.29, 1.82) is 0 Å². The van der Waals surface area contributed by atoms with E-state index in [2.05, 4.69) is 6.58 Å². The summed E-state index contributed by atoms with van der Waals surface area (Å²) in [5.41, 5.74) is 1.09. The van der Waals surface area contributed by atoms with Gasteiger partial charge >= 0.3 is 11.6 Å². The van der Waals surface area contributed by atoms with Crippen molar-refractivity contribution >= 4 is 28.5 Å². The van der Waals surface area contributed by atoms with E-state index in [0.29, 0.717) is 16.7 Å². The zero-order valence-electron chi connectivity index (χ0n) is 12.6. The van der Waals surface area contributed by atoms with Crippen molar-refractivity contribution < 1.29 is 13.9 Å². The van der Waals surface area contributed by atoms with Gasteiger partial charge in [0.05, 0.1) is 16.1 Å². The Morgan fingerprint density at radius 2 is 2.00 bits per heavy atom. The molecule has 1 aromatic heterocycles. The lowest BCUT2D eigenvalue weighted by molar-refractivity contribution is 0.0550. The number of ether oxygens (including phenoxy) is 1. The topological polar surface area (TPSA) is 56.5 Å². The Bertz CT molecular complexity index is 988. The Morgan fingerprint density at radius 1 is 1.21 bits per heavy atom. The van der Waals surface area contributed by atoms with Gasteiger partial charge in [0.25, 0.3) is 0 Å². The minimum atomic E-state index is -0.577. The molecular weight excluding hydrogens is 328 g/mol. The minimum Gasteiger partial charge on any atom is -0.458 e. The molecule has 0 amide bonds. The van der Waals surface area contributed by atoms with Gasteiger partial charge in [-0.05, 0) is 29.8 Å². The molecule has 4 nitrogen and oxygen atoms in total. The summed E-state index contributed by atoms with van der Waals surface area (Å²) in [7, 11) is 0. The molecule has 0 saturated carbocycles. The lowest BCUT2D eigenvalue weighted by Gasteiger charge is -2.07. The molecule has 0 atom stereocenters. The van der Waals surface area contributed by atoms with Crippen LogP contribution in [0.4, 0.5) is 0 Å². The summed E-state index contributed by atoms with van der Waals surface area (Å²) in [6.07, 6.45) is 1.47. The molecule has 0 bridgehead atoms. The van der Waals surface area contributed by atoms with Crippen LogP contribution in [0, 0.1) is 0 Å². The largest absolute Gasteiger partial charge is 0.458 e. The first-order valence-electron chi connectivity index (χ1n) is 7.21. The Balaban J connectivity index is 2.10. The maximum atomic E-state index is 12.2. The second-order valence-electron chi connectivity index (χ2n) is 5.07. The Kier molecular flexibility index (Phi) is 4.49. The van der Waals surface area contributed by atoms with E-state index in [1.807, 2.05) is 12.1 Å². The summed E-state index contributed by atoms with van der Waals surface area (Å²) in [5.74, 6) is -0.577. The highest BCUT2D eigenvalue weighted by atomic mass is 35.5. The van der Waals surface area contributed by atoms with Gasteiger partial charge in [-0.1, -0.05) is 48.5 Å². The third-order valence-corrected chi connectivity index (χ3v) is 3.80. The first-order valence-corrected chi connectivity index (χ1v) is 7.59. The van der Waals surface area contributed by atoms with Gasteiger partial charge in [-0.3, -0.25) is 0 Å². The molecule has 120 valence electrons. The smallest absolute Gasteiger partial charge is 0.344 e. The highest BCUT2D eigenvalue weighted by molar-refractivity contribution is 6.33. The van der Waals surface area contributed by atoms with E-state index >= 15 is 0 Å². The van der Waals surface area contributed by atoms with Gasteiger partial charge in [-0.2, -0.15) is 0 Å². The van der Waals surface area contributed by atoms with Crippen molar-refractivity contribution in [3.8, 4) is 11.1 Å².